The Hall–Kier alpha value is -12.0. The van der Waals surface area contributed by atoms with E-state index in [1.54, 1.807) is 10.6 Å². The molecule has 0 bridgehead atoms. The van der Waals surface area contributed by atoms with Crippen molar-refractivity contribution < 1.29 is 26.7 Å². The summed E-state index contributed by atoms with van der Waals surface area (Å²) in [6.07, 6.45) is 0. The van der Waals surface area contributed by atoms with Gasteiger partial charge in [-0.05, 0) is 129 Å². The van der Waals surface area contributed by atoms with Gasteiger partial charge >= 0.3 is 0 Å². The molecule has 0 spiro atoms. The molecule has 4 aliphatic heterocycles. The molecule has 0 fully saturated rings. The number of ether oxygens (including phenoxy) is 1. The zero-order chi connectivity index (χ0) is 74.0. The molecule has 20 rings (SSSR count). The van der Waals surface area contributed by atoms with Gasteiger partial charge in [-0.15, -0.1) is 0 Å². The normalized spacial score (nSPS) is 15.6. The van der Waals surface area contributed by atoms with Crippen molar-refractivity contribution in [2.75, 3.05) is 14.7 Å². The van der Waals surface area contributed by atoms with Crippen LogP contribution in [0.4, 0.5) is 51.2 Å². The number of anilines is 9. The minimum Gasteiger partial charge on any atom is -0.458 e. The highest BCUT2D eigenvalue weighted by molar-refractivity contribution is 7.02. The van der Waals surface area contributed by atoms with Gasteiger partial charge in [-0.3, -0.25) is 0 Å². The average Bonchev–Trinajstić information content (AvgIpc) is 1.63. The van der Waals surface area contributed by atoms with E-state index in [1.165, 1.54) is 4.57 Å². The third kappa shape index (κ3) is 7.28. The van der Waals surface area contributed by atoms with E-state index < -0.39 is 110 Å². The van der Waals surface area contributed by atoms with Crippen LogP contribution in [0.25, 0.3) is 77.2 Å². The first-order chi connectivity index (χ1) is 52.3. The number of hydrogen-bond donors (Lipinski definition) is 0. The molecule has 4 aliphatic rings. The number of nitrogens with zero attached hydrogens (tertiary/aromatic N) is 5. The summed E-state index contributed by atoms with van der Waals surface area (Å²) in [7, 11) is 0. The van der Waals surface area contributed by atoms with Gasteiger partial charge in [0, 0.05) is 84.2 Å². The molecule has 6 heterocycles. The fourth-order valence-electron chi connectivity index (χ4n) is 15.2. The summed E-state index contributed by atoms with van der Waals surface area (Å²) in [6, 6.07) is 66.6. The highest BCUT2D eigenvalue weighted by Crippen LogP contribution is 2.53. The maximum absolute atomic E-state index is 9.91. The zero-order valence-electron chi connectivity index (χ0n) is 64.7. The summed E-state index contributed by atoms with van der Waals surface area (Å²) < 4.78 is 161. The first-order valence-electron chi connectivity index (χ1n) is 38.5. The van der Waals surface area contributed by atoms with Gasteiger partial charge < -0.3 is 28.6 Å². The van der Waals surface area contributed by atoms with Crippen molar-refractivity contribution in [3.63, 3.8) is 0 Å². The maximum atomic E-state index is 9.91. The zero-order valence-corrected chi connectivity index (χ0v) is 48.7. The van der Waals surface area contributed by atoms with Crippen LogP contribution in [0.1, 0.15) is 21.9 Å². The molecular weight excluding hydrogens is 1120 g/mol. The van der Waals surface area contributed by atoms with Crippen LogP contribution in [-0.2, 0) is 0 Å². The molecule has 92 heavy (non-hydrogen) atoms. The number of hydrogen-bond acceptors (Lipinski definition) is 4. The Balaban J connectivity index is 0.974. The summed E-state index contributed by atoms with van der Waals surface area (Å²) in [5, 5.41) is -0.283. The summed E-state index contributed by atoms with van der Waals surface area (Å²) in [5.74, 6) is 0.924. The van der Waals surface area contributed by atoms with Crippen molar-refractivity contribution in [1.82, 2.24) is 9.13 Å². The lowest BCUT2D eigenvalue weighted by Gasteiger charge is -2.47. The Morgan fingerprint density at radius 2 is 0.696 bits per heavy atom. The van der Waals surface area contributed by atoms with E-state index in [-0.39, 0.29) is 49.3 Å². The molecule has 0 saturated heterocycles. The van der Waals surface area contributed by atoms with Crippen LogP contribution in [0.2, 0.25) is 0 Å². The van der Waals surface area contributed by atoms with Crippen molar-refractivity contribution >= 4 is 141 Å². The number of para-hydroxylation sites is 9. The monoisotopic (exact) mass is 1190 g/mol. The average molecular weight is 1190 g/mol. The van der Waals surface area contributed by atoms with Gasteiger partial charge in [0.15, 0.2) is 0 Å². The molecule has 6 nitrogen and oxygen atoms in total. The lowest BCUT2D eigenvalue weighted by Crippen LogP contribution is -2.64. The molecule has 426 valence electrons. The SMILES string of the molecule is [2H]c1c([2H])c([2H])c2c(c1[2H])c1c([2H])c([2H])c([2H])c([2H])c1n2-c1cc2c3c(c1)N(c1ccccc1)c1cc4c(cc1B3c1ccccc1O2)B1c2ccccc2N(c2ccccc2)c2cc(-n3c5c([2H])c([2H])c([2H])c([2H])c5c5c([2H])c([2H])c([2H])c([2H])c53)cc(c21)N4c1c(-c2ccccc2)cccc1-c1ccccc1. The fourth-order valence-corrected chi connectivity index (χ4v) is 15.2. The van der Waals surface area contributed by atoms with E-state index in [2.05, 4.69) is 81.4 Å². The van der Waals surface area contributed by atoms with E-state index in [0.29, 0.717) is 51.3 Å². The van der Waals surface area contributed by atoms with Gasteiger partial charge in [0.25, 0.3) is 13.4 Å². The Bertz CT molecular complexity index is 6510. The van der Waals surface area contributed by atoms with Crippen LogP contribution in [0.15, 0.2) is 321 Å². The standard InChI is InChI=1S/C84H53B2N5O/c1-5-26-54(27-6-1)60-38-25-39-61(55-28-7-2-8-29-55)84(60)91-76-53-75-68(86-67-41-18-24-47-80(67)92-81-51-59(50-79(83(81)86)88(75)57-32-11-4-12-33-57)90-72-44-21-15-36-64(72)65-37-16-22-45-73(65)90)52-69(76)85-66-40-17-23-46-74(66)87(56-30-9-3-10-31-56)77-48-58(49-78(91)82(77)85)89-70-42-19-13-34-62(70)63-35-14-20-43-71(63)89/h1-53H/i13D,14D,15D,16D,19D,20D,21D,22D,34D,35D,36D,37D,42D,43D,44D,45D. The quantitative estimate of drug-likeness (QED) is 0.149. The molecule has 0 atom stereocenters. The van der Waals surface area contributed by atoms with Gasteiger partial charge in [0.1, 0.15) is 11.5 Å². The summed E-state index contributed by atoms with van der Waals surface area (Å²) in [4.78, 5) is 6.66. The summed E-state index contributed by atoms with van der Waals surface area (Å²) in [6.45, 7) is -1.20. The topological polar surface area (TPSA) is 28.8 Å². The summed E-state index contributed by atoms with van der Waals surface area (Å²) >= 11 is 0. The highest BCUT2D eigenvalue weighted by Gasteiger charge is 2.49. The lowest BCUT2D eigenvalue weighted by atomic mass is 9.30. The largest absolute Gasteiger partial charge is 0.458 e. The van der Waals surface area contributed by atoms with Crippen LogP contribution in [0.3, 0.4) is 0 Å². The van der Waals surface area contributed by atoms with Gasteiger partial charge in [-0.25, -0.2) is 0 Å². The molecule has 0 amide bonds. The Labute approximate surface area is 555 Å². The van der Waals surface area contributed by atoms with Crippen LogP contribution in [0.5, 0.6) is 11.5 Å². The van der Waals surface area contributed by atoms with E-state index in [4.69, 9.17) is 13.0 Å². The van der Waals surface area contributed by atoms with Crippen molar-refractivity contribution in [3.8, 4) is 45.1 Å². The first kappa shape index (κ1) is 37.8. The van der Waals surface area contributed by atoms with Crippen molar-refractivity contribution in [3.05, 3.63) is 321 Å². The van der Waals surface area contributed by atoms with Gasteiger partial charge in [-0.2, -0.15) is 0 Å². The molecular formula is C84H53B2N5O. The molecule has 0 aliphatic carbocycles. The molecule has 2 aromatic heterocycles. The van der Waals surface area contributed by atoms with Crippen LogP contribution in [-0.4, -0.2) is 22.6 Å². The molecule has 0 saturated carbocycles. The van der Waals surface area contributed by atoms with Gasteiger partial charge in [-0.1, -0.05) is 230 Å². The third-order valence-corrected chi connectivity index (χ3v) is 18.8. The van der Waals surface area contributed by atoms with E-state index in [0.717, 1.165) is 72.1 Å². The summed E-state index contributed by atoms with van der Waals surface area (Å²) in [5.41, 5.74) is 15.3. The second-order valence-electron chi connectivity index (χ2n) is 23.5. The molecule has 16 aromatic rings. The molecule has 0 radical (unpaired) electrons. The van der Waals surface area contributed by atoms with Gasteiger partial charge in [0.05, 0.1) is 61.1 Å². The number of rotatable bonds is 7. The van der Waals surface area contributed by atoms with Crippen molar-refractivity contribution in [2.24, 2.45) is 0 Å². The lowest BCUT2D eigenvalue weighted by molar-refractivity contribution is 0.487. The Kier molecular flexibility index (Phi) is 8.11. The third-order valence-electron chi connectivity index (χ3n) is 18.8. The van der Waals surface area contributed by atoms with E-state index in [9.17, 15) is 13.7 Å². The number of fused-ring (bicyclic) bond motifs is 14. The second kappa shape index (κ2) is 19.8. The molecule has 0 unspecified atom stereocenters. The van der Waals surface area contributed by atoms with E-state index >= 15 is 0 Å². The predicted octanol–water partition coefficient (Wildman–Crippen LogP) is 17.7. The fraction of sp³-hybridized carbons (Fsp3) is 0. The molecule has 14 aromatic carbocycles. The van der Waals surface area contributed by atoms with Crippen LogP contribution in [0, 0.1) is 0 Å². The predicted molar refractivity (Wildman–Crippen MR) is 386 cm³/mol. The van der Waals surface area contributed by atoms with Gasteiger partial charge in [0.2, 0.25) is 0 Å². The minimum atomic E-state index is -0.605. The van der Waals surface area contributed by atoms with Crippen LogP contribution >= 0.6 is 0 Å². The second-order valence-corrected chi connectivity index (χ2v) is 23.5. The van der Waals surface area contributed by atoms with Crippen molar-refractivity contribution in [2.45, 2.75) is 0 Å². The van der Waals surface area contributed by atoms with E-state index in [1.807, 2.05) is 152 Å². The molecule has 8 heteroatoms. The molecule has 0 N–H and O–H groups in total. The minimum absolute atomic E-state index is 0.0464. The highest BCUT2D eigenvalue weighted by atomic mass is 16.5. The number of aromatic nitrogens is 2. The maximum Gasteiger partial charge on any atom is 0.256 e. The Morgan fingerprint density at radius 3 is 1.24 bits per heavy atom. The first-order valence-corrected chi connectivity index (χ1v) is 30.5. The van der Waals surface area contributed by atoms with Crippen LogP contribution < -0.4 is 52.2 Å². The Morgan fingerprint density at radius 1 is 0.283 bits per heavy atom. The van der Waals surface area contributed by atoms with Crippen molar-refractivity contribution in [1.29, 1.82) is 0 Å². The number of benzene rings is 14. The smallest absolute Gasteiger partial charge is 0.256 e.